The van der Waals surface area contributed by atoms with Gasteiger partial charge in [-0.15, -0.1) is 0 Å². The van der Waals surface area contributed by atoms with E-state index in [1.165, 1.54) is 7.11 Å². The number of hydrogen-bond donors (Lipinski definition) is 3. The fourth-order valence-corrected chi connectivity index (χ4v) is 2.88. The highest BCUT2D eigenvalue weighted by molar-refractivity contribution is 9.10. The molecule has 1 aliphatic rings. The molecule has 0 saturated carbocycles. The van der Waals surface area contributed by atoms with Crippen LogP contribution < -0.4 is 15.4 Å². The van der Waals surface area contributed by atoms with Gasteiger partial charge in [-0.25, -0.2) is 0 Å². The largest absolute Gasteiger partial charge is 0.496 e. The Hall–Kier alpha value is -1.44. The summed E-state index contributed by atoms with van der Waals surface area (Å²) in [5, 5.41) is 15.5. The quantitative estimate of drug-likeness (QED) is 0.613. The van der Waals surface area contributed by atoms with E-state index in [1.54, 1.807) is 18.2 Å². The standard InChI is InChI=1S/C16H21BrN2O4/c1-23-15-4-2-11(17)6-12(15)13(20)3-5-16(22)19-8-10-7-18-9-14(10)21/h2,4,6,10,14,18,21H,3,5,7-9H2,1H3,(H,19,22). The van der Waals surface area contributed by atoms with E-state index in [0.29, 0.717) is 30.9 Å². The second kappa shape index (κ2) is 8.42. The van der Waals surface area contributed by atoms with Gasteiger partial charge in [-0.3, -0.25) is 9.59 Å². The number of nitrogens with one attached hydrogen (secondary N) is 2. The number of carbonyl (C=O) groups is 2. The number of aliphatic hydroxyl groups excluding tert-OH is 1. The summed E-state index contributed by atoms with van der Waals surface area (Å²) in [7, 11) is 1.51. The van der Waals surface area contributed by atoms with Crippen LogP contribution in [0.4, 0.5) is 0 Å². The molecule has 0 aliphatic carbocycles. The van der Waals surface area contributed by atoms with Crippen LogP contribution in [0, 0.1) is 5.92 Å². The Morgan fingerprint density at radius 1 is 1.39 bits per heavy atom. The molecule has 1 aliphatic heterocycles. The molecule has 0 radical (unpaired) electrons. The minimum absolute atomic E-state index is 0.0276. The van der Waals surface area contributed by atoms with E-state index in [1.807, 2.05) is 0 Å². The van der Waals surface area contributed by atoms with Gasteiger partial charge in [-0.2, -0.15) is 0 Å². The van der Waals surface area contributed by atoms with Crippen LogP contribution in [0.3, 0.4) is 0 Å². The van der Waals surface area contributed by atoms with Crippen molar-refractivity contribution in [1.29, 1.82) is 0 Å². The van der Waals surface area contributed by atoms with Gasteiger partial charge in [0.15, 0.2) is 5.78 Å². The Labute approximate surface area is 143 Å². The molecule has 23 heavy (non-hydrogen) atoms. The summed E-state index contributed by atoms with van der Waals surface area (Å²) in [6, 6.07) is 5.20. The van der Waals surface area contributed by atoms with Crippen LogP contribution in [0.2, 0.25) is 0 Å². The average molecular weight is 385 g/mol. The molecule has 2 unspecified atom stereocenters. The fourth-order valence-electron chi connectivity index (χ4n) is 2.52. The van der Waals surface area contributed by atoms with Gasteiger partial charge in [-0.1, -0.05) is 15.9 Å². The number of hydrogen-bond acceptors (Lipinski definition) is 5. The van der Waals surface area contributed by atoms with Gasteiger partial charge in [0, 0.05) is 42.9 Å². The lowest BCUT2D eigenvalue weighted by atomic mass is 10.0. The molecule has 1 aromatic rings. The van der Waals surface area contributed by atoms with Crippen molar-refractivity contribution in [3.63, 3.8) is 0 Å². The number of ketones is 1. The lowest BCUT2D eigenvalue weighted by Crippen LogP contribution is -2.34. The van der Waals surface area contributed by atoms with Crippen LogP contribution in [0.25, 0.3) is 0 Å². The van der Waals surface area contributed by atoms with E-state index in [-0.39, 0.29) is 30.4 Å². The molecule has 7 heteroatoms. The third-order valence-electron chi connectivity index (χ3n) is 3.91. The van der Waals surface area contributed by atoms with Gasteiger partial charge in [0.2, 0.25) is 5.91 Å². The first-order valence-electron chi connectivity index (χ1n) is 7.53. The Bertz CT molecular complexity index is 579. The maximum absolute atomic E-state index is 12.3. The minimum Gasteiger partial charge on any atom is -0.496 e. The molecule has 1 amide bonds. The molecular weight excluding hydrogens is 364 g/mol. The van der Waals surface area contributed by atoms with E-state index in [0.717, 1.165) is 4.47 Å². The molecule has 1 aromatic carbocycles. The van der Waals surface area contributed by atoms with Gasteiger partial charge in [0.25, 0.3) is 0 Å². The molecule has 2 atom stereocenters. The fraction of sp³-hybridized carbons (Fsp3) is 0.500. The normalized spacial score (nSPS) is 20.3. The number of halogens is 1. The van der Waals surface area contributed by atoms with Crippen LogP contribution in [0.5, 0.6) is 5.75 Å². The topological polar surface area (TPSA) is 87.7 Å². The molecule has 0 spiro atoms. The number of methoxy groups -OCH3 is 1. The summed E-state index contributed by atoms with van der Waals surface area (Å²) in [5.74, 6) is 0.200. The maximum atomic E-state index is 12.3. The van der Waals surface area contributed by atoms with Crippen LogP contribution in [0.15, 0.2) is 22.7 Å². The second-order valence-corrected chi connectivity index (χ2v) is 6.47. The number of benzene rings is 1. The third kappa shape index (κ3) is 5.02. The zero-order valence-corrected chi connectivity index (χ0v) is 14.6. The first kappa shape index (κ1) is 17.9. The zero-order valence-electron chi connectivity index (χ0n) is 13.0. The minimum atomic E-state index is -0.428. The summed E-state index contributed by atoms with van der Waals surface area (Å²) >= 11 is 3.33. The van der Waals surface area contributed by atoms with E-state index >= 15 is 0 Å². The molecule has 1 heterocycles. The number of β-amino-alcohol motifs (C(OH)–C–C–N with tert-alkyl or cyclic N) is 1. The number of rotatable bonds is 7. The second-order valence-electron chi connectivity index (χ2n) is 5.56. The average Bonchev–Trinajstić information content (AvgIpc) is 2.95. The van der Waals surface area contributed by atoms with E-state index < -0.39 is 6.10 Å². The summed E-state index contributed by atoms with van der Waals surface area (Å²) in [5.41, 5.74) is 0.463. The number of ether oxygens (including phenoxy) is 1. The first-order chi connectivity index (χ1) is 11.0. The Morgan fingerprint density at radius 2 is 2.17 bits per heavy atom. The summed E-state index contributed by atoms with van der Waals surface area (Å²) in [6.45, 7) is 1.67. The van der Waals surface area contributed by atoms with Crippen LogP contribution in [0.1, 0.15) is 23.2 Å². The monoisotopic (exact) mass is 384 g/mol. The summed E-state index contributed by atoms with van der Waals surface area (Å²) < 4.78 is 5.96. The van der Waals surface area contributed by atoms with Crippen molar-refractivity contribution in [2.24, 2.45) is 5.92 Å². The Kier molecular flexibility index (Phi) is 6.56. The van der Waals surface area contributed by atoms with Crippen LogP contribution in [-0.2, 0) is 4.79 Å². The Morgan fingerprint density at radius 3 is 2.83 bits per heavy atom. The molecule has 1 saturated heterocycles. The molecule has 0 bridgehead atoms. The SMILES string of the molecule is COc1ccc(Br)cc1C(=O)CCC(=O)NCC1CNCC1O. The highest BCUT2D eigenvalue weighted by Gasteiger charge is 2.25. The lowest BCUT2D eigenvalue weighted by molar-refractivity contribution is -0.121. The predicted octanol–water partition coefficient (Wildman–Crippen LogP) is 1.12. The van der Waals surface area contributed by atoms with Crippen molar-refractivity contribution in [3.8, 4) is 5.75 Å². The zero-order chi connectivity index (χ0) is 16.8. The van der Waals surface area contributed by atoms with Gasteiger partial charge in [-0.05, 0) is 18.2 Å². The number of carbonyl (C=O) groups excluding carboxylic acids is 2. The Balaban J connectivity index is 1.82. The third-order valence-corrected chi connectivity index (χ3v) is 4.40. The van der Waals surface area contributed by atoms with Gasteiger partial charge in [0.05, 0.1) is 18.8 Å². The maximum Gasteiger partial charge on any atom is 0.220 e. The predicted molar refractivity (Wildman–Crippen MR) is 89.6 cm³/mol. The summed E-state index contributed by atoms with van der Waals surface area (Å²) in [6.07, 6.45) is -0.197. The number of amides is 1. The van der Waals surface area contributed by atoms with Crippen LogP contribution >= 0.6 is 15.9 Å². The van der Waals surface area contributed by atoms with Crippen molar-refractivity contribution in [2.75, 3.05) is 26.7 Å². The van der Waals surface area contributed by atoms with Gasteiger partial charge >= 0.3 is 0 Å². The lowest BCUT2D eigenvalue weighted by Gasteiger charge is -2.14. The number of aliphatic hydroxyl groups is 1. The molecule has 6 nitrogen and oxygen atoms in total. The summed E-state index contributed by atoms with van der Waals surface area (Å²) in [4.78, 5) is 24.1. The number of Topliss-reactive ketones (excluding diaryl/α,β-unsaturated/α-hetero) is 1. The van der Waals surface area contributed by atoms with Gasteiger partial charge < -0.3 is 20.5 Å². The first-order valence-corrected chi connectivity index (χ1v) is 8.32. The van der Waals surface area contributed by atoms with E-state index in [4.69, 9.17) is 4.74 Å². The molecule has 126 valence electrons. The molecular formula is C16H21BrN2O4. The van der Waals surface area contributed by atoms with Crippen LogP contribution in [-0.4, -0.2) is 49.6 Å². The van der Waals surface area contributed by atoms with E-state index in [2.05, 4.69) is 26.6 Å². The van der Waals surface area contributed by atoms with Gasteiger partial charge in [0.1, 0.15) is 5.75 Å². The van der Waals surface area contributed by atoms with Crippen molar-refractivity contribution < 1.29 is 19.4 Å². The smallest absolute Gasteiger partial charge is 0.220 e. The molecule has 1 fully saturated rings. The molecule has 2 rings (SSSR count). The molecule has 3 N–H and O–H groups in total. The van der Waals surface area contributed by atoms with Crippen molar-refractivity contribution >= 4 is 27.6 Å². The van der Waals surface area contributed by atoms with Crippen molar-refractivity contribution in [2.45, 2.75) is 18.9 Å². The van der Waals surface area contributed by atoms with Crippen molar-refractivity contribution in [3.05, 3.63) is 28.2 Å². The van der Waals surface area contributed by atoms with Crippen molar-refractivity contribution in [1.82, 2.24) is 10.6 Å². The highest BCUT2D eigenvalue weighted by atomic mass is 79.9. The highest BCUT2D eigenvalue weighted by Crippen LogP contribution is 2.24. The molecule has 0 aromatic heterocycles. The van der Waals surface area contributed by atoms with E-state index in [9.17, 15) is 14.7 Å².